The fourth-order valence-electron chi connectivity index (χ4n) is 2.17. The van der Waals surface area contributed by atoms with E-state index in [1.807, 2.05) is 0 Å². The lowest BCUT2D eigenvalue weighted by atomic mass is 9.95. The maximum Gasteiger partial charge on any atom is 0.265 e. The smallest absolute Gasteiger partial charge is 0.265 e. The molecule has 0 fully saturated rings. The summed E-state index contributed by atoms with van der Waals surface area (Å²) in [7, 11) is 0. The van der Waals surface area contributed by atoms with E-state index in [1.54, 1.807) is 19.1 Å². The summed E-state index contributed by atoms with van der Waals surface area (Å²) in [4.78, 5) is 24.3. The zero-order chi connectivity index (χ0) is 13.6. The van der Waals surface area contributed by atoms with Gasteiger partial charge in [-0.2, -0.15) is 9.78 Å². The van der Waals surface area contributed by atoms with Crippen molar-refractivity contribution in [2.75, 3.05) is 5.32 Å². The average molecular weight is 259 g/mol. The molecule has 1 unspecified atom stereocenters. The van der Waals surface area contributed by atoms with Gasteiger partial charge in [0, 0.05) is 11.6 Å². The lowest BCUT2D eigenvalue weighted by Crippen LogP contribution is -2.38. The summed E-state index contributed by atoms with van der Waals surface area (Å²) in [6, 6.07) is 7.34. The molecule has 1 atom stereocenters. The van der Waals surface area contributed by atoms with Crippen molar-refractivity contribution in [3.05, 3.63) is 47.4 Å². The summed E-state index contributed by atoms with van der Waals surface area (Å²) in [5.41, 5.74) is 0.668. The third kappa shape index (κ3) is 1.72. The molecule has 6 heteroatoms. The second-order valence-corrected chi connectivity index (χ2v) is 4.36. The molecule has 19 heavy (non-hydrogen) atoms. The molecule has 0 saturated heterocycles. The van der Waals surface area contributed by atoms with Crippen LogP contribution in [-0.2, 0) is 4.79 Å². The third-order valence-corrected chi connectivity index (χ3v) is 3.02. The van der Waals surface area contributed by atoms with Crippen molar-refractivity contribution in [3.8, 4) is 0 Å². The molecule has 0 bridgehead atoms. The maximum atomic E-state index is 13.7. The molecule has 1 amide bonds. The van der Waals surface area contributed by atoms with Crippen LogP contribution < -0.4 is 5.32 Å². The zero-order valence-corrected chi connectivity index (χ0v) is 10.1. The van der Waals surface area contributed by atoms with Gasteiger partial charge in [-0.3, -0.25) is 9.59 Å². The van der Waals surface area contributed by atoms with E-state index in [0.29, 0.717) is 11.5 Å². The number of hydrogen-bond acceptors (Lipinski definition) is 3. The van der Waals surface area contributed by atoms with Gasteiger partial charge in [0.2, 0.25) is 5.91 Å². The van der Waals surface area contributed by atoms with Crippen LogP contribution in [0.5, 0.6) is 0 Å². The van der Waals surface area contributed by atoms with Crippen molar-refractivity contribution in [3.63, 3.8) is 0 Å². The summed E-state index contributed by atoms with van der Waals surface area (Å²) in [6.45, 7) is 1.71. The Hall–Kier alpha value is -2.50. The van der Waals surface area contributed by atoms with E-state index in [0.717, 1.165) is 4.68 Å². The van der Waals surface area contributed by atoms with E-state index >= 15 is 0 Å². The van der Waals surface area contributed by atoms with E-state index in [4.69, 9.17) is 0 Å². The van der Waals surface area contributed by atoms with Crippen LogP contribution in [0.1, 0.15) is 22.0 Å². The number of nitrogens with zero attached hydrogens (tertiary/aromatic N) is 2. The van der Waals surface area contributed by atoms with Crippen molar-refractivity contribution in [2.24, 2.45) is 0 Å². The zero-order valence-electron chi connectivity index (χ0n) is 10.1. The Kier molecular flexibility index (Phi) is 2.45. The third-order valence-electron chi connectivity index (χ3n) is 3.02. The molecule has 1 aliphatic rings. The average Bonchev–Trinajstić information content (AvgIpc) is 2.72. The van der Waals surface area contributed by atoms with E-state index < -0.39 is 23.5 Å². The Morgan fingerprint density at radius 3 is 2.79 bits per heavy atom. The van der Waals surface area contributed by atoms with E-state index in [9.17, 15) is 14.0 Å². The summed E-state index contributed by atoms with van der Waals surface area (Å²) >= 11 is 0. The van der Waals surface area contributed by atoms with Crippen molar-refractivity contribution < 1.29 is 14.0 Å². The number of benzene rings is 1. The highest BCUT2D eigenvalue weighted by Gasteiger charge is 2.37. The minimum absolute atomic E-state index is 0.0591. The quantitative estimate of drug-likeness (QED) is 0.793. The molecular formula is C13H10FN3O2. The SMILES string of the molecule is Cc1cc2n(n1)C(=O)C(c1ccccc1F)C(=O)N2. The standard InChI is InChI=1S/C13H10FN3O2/c1-7-6-10-15-12(18)11(13(19)17(10)16-7)8-4-2-3-5-9(8)14/h2-6,11H,1H3,(H,15,18). The van der Waals surface area contributed by atoms with Gasteiger partial charge in [-0.1, -0.05) is 18.2 Å². The molecule has 0 radical (unpaired) electrons. The minimum Gasteiger partial charge on any atom is -0.309 e. The molecule has 0 spiro atoms. The molecule has 0 saturated carbocycles. The molecule has 2 heterocycles. The van der Waals surface area contributed by atoms with Crippen LogP contribution in [-0.4, -0.2) is 21.6 Å². The van der Waals surface area contributed by atoms with Gasteiger partial charge in [0.05, 0.1) is 5.69 Å². The number of rotatable bonds is 1. The second-order valence-electron chi connectivity index (χ2n) is 4.36. The molecule has 1 aromatic carbocycles. The van der Waals surface area contributed by atoms with E-state index in [-0.39, 0.29) is 5.56 Å². The molecule has 0 aliphatic carbocycles. The highest BCUT2D eigenvalue weighted by atomic mass is 19.1. The first-order chi connectivity index (χ1) is 9.08. The second kappa shape index (κ2) is 4.01. The van der Waals surface area contributed by atoms with Crippen molar-refractivity contribution in [2.45, 2.75) is 12.8 Å². The van der Waals surface area contributed by atoms with Crippen LogP contribution in [0.2, 0.25) is 0 Å². The first kappa shape index (κ1) is 11.6. The van der Waals surface area contributed by atoms with E-state index in [1.165, 1.54) is 18.2 Å². The summed E-state index contributed by atoms with van der Waals surface area (Å²) in [5.74, 6) is -2.55. The molecule has 1 aromatic heterocycles. The minimum atomic E-state index is -1.20. The largest absolute Gasteiger partial charge is 0.309 e. The number of amides is 1. The predicted molar refractivity (Wildman–Crippen MR) is 65.4 cm³/mol. The topological polar surface area (TPSA) is 64.0 Å². The Morgan fingerprint density at radius 2 is 2.05 bits per heavy atom. The van der Waals surface area contributed by atoms with Gasteiger partial charge >= 0.3 is 0 Å². The van der Waals surface area contributed by atoms with Crippen molar-refractivity contribution in [1.29, 1.82) is 0 Å². The summed E-state index contributed by atoms with van der Waals surface area (Å²) in [5, 5.41) is 6.56. The fraction of sp³-hybridized carbons (Fsp3) is 0.154. The monoisotopic (exact) mass is 259 g/mol. The van der Waals surface area contributed by atoms with E-state index in [2.05, 4.69) is 10.4 Å². The number of carbonyl (C=O) groups excluding carboxylic acids is 2. The number of hydrogen-bond donors (Lipinski definition) is 1. The Labute approximate surface area is 108 Å². The van der Waals surface area contributed by atoms with Crippen LogP contribution >= 0.6 is 0 Å². The molecular weight excluding hydrogens is 249 g/mol. The predicted octanol–water partition coefficient (Wildman–Crippen LogP) is 1.71. The van der Waals surface area contributed by atoms with Crippen LogP contribution in [0, 0.1) is 12.7 Å². The van der Waals surface area contributed by atoms with Gasteiger partial charge in [-0.25, -0.2) is 4.39 Å². The Bertz CT molecular complexity index is 693. The molecule has 3 rings (SSSR count). The number of aryl methyl sites for hydroxylation is 1. The van der Waals surface area contributed by atoms with Crippen LogP contribution in [0.25, 0.3) is 0 Å². The number of aromatic nitrogens is 2. The number of nitrogens with one attached hydrogen (secondary N) is 1. The fourth-order valence-corrected chi connectivity index (χ4v) is 2.17. The van der Waals surface area contributed by atoms with Gasteiger partial charge in [0.1, 0.15) is 17.6 Å². The van der Waals surface area contributed by atoms with Crippen molar-refractivity contribution in [1.82, 2.24) is 9.78 Å². The number of anilines is 1. The first-order valence-corrected chi connectivity index (χ1v) is 5.74. The molecule has 1 N–H and O–H groups in total. The lowest BCUT2D eigenvalue weighted by molar-refractivity contribution is -0.117. The lowest BCUT2D eigenvalue weighted by Gasteiger charge is -2.22. The van der Waals surface area contributed by atoms with Gasteiger partial charge in [-0.05, 0) is 13.0 Å². The number of carbonyl (C=O) groups is 2. The van der Waals surface area contributed by atoms with Gasteiger partial charge in [-0.15, -0.1) is 0 Å². The number of halogens is 1. The molecule has 1 aliphatic heterocycles. The Balaban J connectivity index is 2.12. The number of fused-ring (bicyclic) bond motifs is 1. The van der Waals surface area contributed by atoms with Gasteiger partial charge < -0.3 is 5.32 Å². The van der Waals surface area contributed by atoms with Gasteiger partial charge in [0.15, 0.2) is 0 Å². The van der Waals surface area contributed by atoms with Crippen LogP contribution in [0.3, 0.4) is 0 Å². The highest BCUT2D eigenvalue weighted by molar-refractivity contribution is 6.15. The molecule has 96 valence electrons. The summed E-state index contributed by atoms with van der Waals surface area (Å²) < 4.78 is 14.8. The van der Waals surface area contributed by atoms with Crippen LogP contribution in [0.4, 0.5) is 10.2 Å². The first-order valence-electron chi connectivity index (χ1n) is 5.74. The Morgan fingerprint density at radius 1 is 1.32 bits per heavy atom. The molecule has 5 nitrogen and oxygen atoms in total. The summed E-state index contributed by atoms with van der Waals surface area (Å²) in [6.07, 6.45) is 0. The van der Waals surface area contributed by atoms with Crippen LogP contribution in [0.15, 0.2) is 30.3 Å². The highest BCUT2D eigenvalue weighted by Crippen LogP contribution is 2.28. The normalized spacial score (nSPS) is 18.1. The molecule has 2 aromatic rings. The maximum absolute atomic E-state index is 13.7. The van der Waals surface area contributed by atoms with Gasteiger partial charge in [0.25, 0.3) is 5.91 Å². The van der Waals surface area contributed by atoms with Crippen molar-refractivity contribution >= 4 is 17.6 Å².